The van der Waals surface area contributed by atoms with E-state index in [1.165, 1.54) is 11.1 Å². The third kappa shape index (κ3) is 3.52. The summed E-state index contributed by atoms with van der Waals surface area (Å²) in [4.78, 5) is 10.3. The van der Waals surface area contributed by atoms with Crippen LogP contribution in [0.5, 0.6) is 0 Å². The molecule has 18 heavy (non-hydrogen) atoms. The molecule has 0 N–H and O–H groups in total. The summed E-state index contributed by atoms with van der Waals surface area (Å²) in [5.74, 6) is 0.335. The molecule has 0 fully saturated rings. The van der Waals surface area contributed by atoms with Crippen LogP contribution in [0.4, 0.5) is 5.69 Å². The highest BCUT2D eigenvalue weighted by Gasteiger charge is 2.07. The van der Waals surface area contributed by atoms with Crippen LogP contribution in [0, 0.1) is 4.91 Å². The summed E-state index contributed by atoms with van der Waals surface area (Å²) in [5.41, 5.74) is 2.94. The molecule has 0 heterocycles. The van der Waals surface area contributed by atoms with Gasteiger partial charge in [-0.15, -0.1) is 4.91 Å². The Morgan fingerprint density at radius 3 is 1.83 bits per heavy atom. The number of nitrogens with zero attached hydrogens (tertiary/aromatic N) is 1. The van der Waals surface area contributed by atoms with Gasteiger partial charge < -0.3 is 0 Å². The average molecular weight is 241 g/mol. The molecular weight excluding hydrogens is 222 g/mol. The monoisotopic (exact) mass is 241 g/mol. The summed E-state index contributed by atoms with van der Waals surface area (Å²) >= 11 is 0. The summed E-state index contributed by atoms with van der Waals surface area (Å²) < 4.78 is 0. The minimum Gasteiger partial charge on any atom is -0.145 e. The Hall–Kier alpha value is -1.96. The van der Waals surface area contributed by atoms with Crippen molar-refractivity contribution < 1.29 is 0 Å². The van der Waals surface area contributed by atoms with Crippen LogP contribution in [-0.4, -0.2) is 0 Å². The highest BCUT2D eigenvalue weighted by Crippen LogP contribution is 2.25. The molecule has 2 aromatic carbocycles. The van der Waals surface area contributed by atoms with Crippen LogP contribution in [0.15, 0.2) is 59.8 Å². The molecule has 0 aliphatic rings. The van der Waals surface area contributed by atoms with Gasteiger partial charge in [-0.25, -0.2) is 0 Å². The fraction of sp³-hybridized carbons (Fsp3) is 0.250. The number of rotatable bonds is 3. The normalized spacial score (nSPS) is 11.1. The van der Waals surface area contributed by atoms with Gasteiger partial charge in [0.25, 0.3) is 0 Å². The van der Waals surface area contributed by atoms with Crippen molar-refractivity contribution in [2.75, 3.05) is 0 Å². The first kappa shape index (κ1) is 14.1. The predicted molar refractivity (Wildman–Crippen MR) is 77.2 cm³/mol. The summed E-state index contributed by atoms with van der Waals surface area (Å²) in [5, 5.41) is 2.89. The first-order chi connectivity index (χ1) is 8.81. The molecule has 0 aliphatic heterocycles. The summed E-state index contributed by atoms with van der Waals surface area (Å²) in [6.07, 6.45) is 0. The lowest BCUT2D eigenvalue weighted by molar-refractivity contribution is 0.922. The van der Waals surface area contributed by atoms with E-state index in [4.69, 9.17) is 0 Å². The van der Waals surface area contributed by atoms with Gasteiger partial charge >= 0.3 is 0 Å². The number of hydrogen-bond donors (Lipinski definition) is 0. The van der Waals surface area contributed by atoms with E-state index in [2.05, 4.69) is 24.2 Å². The van der Waals surface area contributed by atoms with Gasteiger partial charge in [0.05, 0.1) is 0 Å². The van der Waals surface area contributed by atoms with Crippen molar-refractivity contribution in [3.05, 3.63) is 70.6 Å². The molecule has 0 aliphatic carbocycles. The average Bonchev–Trinajstić information content (AvgIpc) is 2.49. The van der Waals surface area contributed by atoms with Crippen LogP contribution in [0.3, 0.4) is 0 Å². The van der Waals surface area contributed by atoms with Gasteiger partial charge in [0.2, 0.25) is 0 Å². The molecule has 94 valence electrons. The minimum atomic E-state index is 0.335. The van der Waals surface area contributed by atoms with Crippen molar-refractivity contribution in [1.82, 2.24) is 0 Å². The maximum absolute atomic E-state index is 10.3. The van der Waals surface area contributed by atoms with Gasteiger partial charge in [0.15, 0.2) is 0 Å². The van der Waals surface area contributed by atoms with Crippen molar-refractivity contribution in [3.63, 3.8) is 0 Å². The van der Waals surface area contributed by atoms with Gasteiger partial charge in [-0.2, -0.15) is 0 Å². The van der Waals surface area contributed by atoms with Crippen molar-refractivity contribution in [2.24, 2.45) is 5.18 Å². The van der Waals surface area contributed by atoms with Crippen LogP contribution in [0.2, 0.25) is 0 Å². The molecular formula is C16H19NO. The molecule has 0 radical (unpaired) electrons. The molecule has 0 bridgehead atoms. The molecule has 1 unspecified atom stereocenters. The maximum atomic E-state index is 10.3. The van der Waals surface area contributed by atoms with E-state index in [1.807, 2.05) is 44.2 Å². The molecule has 2 aromatic rings. The first-order valence-corrected chi connectivity index (χ1v) is 6.29. The van der Waals surface area contributed by atoms with Gasteiger partial charge in [0.1, 0.15) is 5.69 Å². The predicted octanol–water partition coefficient (Wildman–Crippen LogP) is 5.26. The van der Waals surface area contributed by atoms with Crippen molar-refractivity contribution >= 4 is 5.69 Å². The third-order valence-corrected chi connectivity index (χ3v) is 2.80. The Bertz CT molecular complexity index is 462. The van der Waals surface area contributed by atoms with E-state index in [1.54, 1.807) is 12.1 Å². The molecule has 2 nitrogen and oxygen atoms in total. The molecule has 0 saturated carbocycles. The summed E-state index contributed by atoms with van der Waals surface area (Å²) in [7, 11) is 0. The van der Waals surface area contributed by atoms with Gasteiger partial charge in [-0.1, -0.05) is 63.2 Å². The lowest BCUT2D eigenvalue weighted by Gasteiger charge is -2.11. The van der Waals surface area contributed by atoms with Gasteiger partial charge in [0, 0.05) is 5.92 Å². The first-order valence-electron chi connectivity index (χ1n) is 6.29. The van der Waals surface area contributed by atoms with Crippen LogP contribution < -0.4 is 0 Å². The molecule has 0 aromatic heterocycles. The lowest BCUT2D eigenvalue weighted by atomic mass is 9.93. The third-order valence-electron chi connectivity index (χ3n) is 2.80. The highest BCUT2D eigenvalue weighted by atomic mass is 16.3. The Morgan fingerprint density at radius 2 is 1.33 bits per heavy atom. The van der Waals surface area contributed by atoms with E-state index in [0.717, 1.165) is 0 Å². The van der Waals surface area contributed by atoms with Crippen LogP contribution >= 0.6 is 0 Å². The van der Waals surface area contributed by atoms with Gasteiger partial charge in [-0.05, 0) is 28.4 Å². The Morgan fingerprint density at radius 1 is 0.833 bits per heavy atom. The molecule has 0 amide bonds. The number of nitroso groups, excluding NO2 is 1. The van der Waals surface area contributed by atoms with Crippen LogP contribution in [0.1, 0.15) is 37.8 Å². The summed E-state index contributed by atoms with van der Waals surface area (Å²) in [6.45, 7) is 6.15. The van der Waals surface area contributed by atoms with Crippen molar-refractivity contribution in [1.29, 1.82) is 0 Å². The fourth-order valence-electron chi connectivity index (χ4n) is 1.76. The lowest BCUT2D eigenvalue weighted by Crippen LogP contribution is -1.94. The number of benzene rings is 2. The van der Waals surface area contributed by atoms with E-state index >= 15 is 0 Å². The SMILES string of the molecule is CC.CC(c1ccccc1)c1ccc(N=O)cc1. The van der Waals surface area contributed by atoms with Crippen LogP contribution in [-0.2, 0) is 0 Å². The second-order valence-corrected chi connectivity index (χ2v) is 3.82. The largest absolute Gasteiger partial charge is 0.145 e. The van der Waals surface area contributed by atoms with E-state index in [0.29, 0.717) is 11.6 Å². The Kier molecular flexibility index (Phi) is 5.78. The molecule has 0 spiro atoms. The summed E-state index contributed by atoms with van der Waals surface area (Å²) in [6, 6.07) is 17.7. The Labute approximate surface area is 109 Å². The van der Waals surface area contributed by atoms with Crippen LogP contribution in [0.25, 0.3) is 0 Å². The smallest absolute Gasteiger partial charge is 0.108 e. The second-order valence-electron chi connectivity index (χ2n) is 3.82. The zero-order chi connectivity index (χ0) is 13.4. The van der Waals surface area contributed by atoms with E-state index < -0.39 is 0 Å². The molecule has 2 rings (SSSR count). The van der Waals surface area contributed by atoms with E-state index in [9.17, 15) is 4.91 Å². The molecule has 1 atom stereocenters. The van der Waals surface area contributed by atoms with E-state index in [-0.39, 0.29) is 0 Å². The maximum Gasteiger partial charge on any atom is 0.108 e. The number of hydrogen-bond acceptors (Lipinski definition) is 2. The molecule has 2 heteroatoms. The topological polar surface area (TPSA) is 29.4 Å². The highest BCUT2D eigenvalue weighted by molar-refractivity contribution is 5.41. The quantitative estimate of drug-likeness (QED) is 0.674. The zero-order valence-corrected chi connectivity index (χ0v) is 11.1. The van der Waals surface area contributed by atoms with Crippen molar-refractivity contribution in [3.8, 4) is 0 Å². The minimum absolute atomic E-state index is 0.335. The fourth-order valence-corrected chi connectivity index (χ4v) is 1.76. The standard InChI is InChI=1S/C14H13NO.C2H6/c1-11(12-5-3-2-4-6-12)13-7-9-14(15-16)10-8-13;1-2/h2-11H,1H3;1-2H3. The second kappa shape index (κ2) is 7.38. The van der Waals surface area contributed by atoms with Gasteiger partial charge in [-0.3, -0.25) is 0 Å². The Balaban J connectivity index is 0.000000771. The van der Waals surface area contributed by atoms with Crippen molar-refractivity contribution in [2.45, 2.75) is 26.7 Å². The zero-order valence-electron chi connectivity index (χ0n) is 11.1. The molecule has 0 saturated heterocycles.